The molecule has 0 aliphatic carbocycles. The number of nitrogens with zero attached hydrogens (tertiary/aromatic N) is 7. The van der Waals surface area contributed by atoms with Gasteiger partial charge in [0.15, 0.2) is 17.5 Å². The van der Waals surface area contributed by atoms with Crippen LogP contribution < -0.4 is 0 Å². The fraction of sp³-hybridized carbons (Fsp3) is 0.320. The largest absolute Gasteiger partial charge is 0.290 e. The van der Waals surface area contributed by atoms with Gasteiger partial charge in [0.2, 0.25) is 5.78 Å². The molecule has 2 fully saturated rings. The number of carbonyl (C=O) groups excluding carboxylic acids is 1. The zero-order chi connectivity index (χ0) is 24.8. The van der Waals surface area contributed by atoms with Crippen molar-refractivity contribution in [3.8, 4) is 16.9 Å². The third-order valence-electron chi connectivity index (χ3n) is 7.95. The standard InChI is InChI=1S/C25H20F3N7O/c1-33-23(13-6-17(26)21(28)18(27)7-13)16-8-15-2-4-25(10-20(35(15)25)22(16)32-33)24(36)19-9-14(3-5-29-19)34-11-30-31-12-34/h3,5-7,9,11-12,15,20H,2,4,8,10H2,1H3/t15-,20+,25?/m0/s1. The van der Waals surface area contributed by atoms with E-state index in [0.717, 1.165) is 35.5 Å². The Balaban J connectivity index is 1.24. The maximum absolute atomic E-state index is 14.0. The Labute approximate surface area is 203 Å². The number of hydrogen-bond acceptors (Lipinski definition) is 6. The van der Waals surface area contributed by atoms with Crippen molar-refractivity contribution < 1.29 is 18.0 Å². The molecule has 0 amide bonds. The van der Waals surface area contributed by atoms with Crippen LogP contribution in [0.5, 0.6) is 0 Å². The van der Waals surface area contributed by atoms with Gasteiger partial charge < -0.3 is 0 Å². The number of ketones is 1. The van der Waals surface area contributed by atoms with E-state index in [0.29, 0.717) is 30.7 Å². The fourth-order valence-electron chi connectivity index (χ4n) is 6.46. The first-order chi connectivity index (χ1) is 17.4. The molecule has 3 atom stereocenters. The monoisotopic (exact) mass is 491 g/mol. The molecule has 182 valence electrons. The van der Waals surface area contributed by atoms with Crippen LogP contribution in [0.25, 0.3) is 16.9 Å². The van der Waals surface area contributed by atoms with Gasteiger partial charge in [-0.25, -0.2) is 13.2 Å². The number of fused-ring (bicyclic) bond motifs is 2. The Morgan fingerprint density at radius 1 is 1.11 bits per heavy atom. The highest BCUT2D eigenvalue weighted by Gasteiger charge is 2.65. The Hall–Kier alpha value is -3.86. The lowest BCUT2D eigenvalue weighted by molar-refractivity contribution is -0.0555. The van der Waals surface area contributed by atoms with Crippen molar-refractivity contribution in [2.45, 2.75) is 43.3 Å². The van der Waals surface area contributed by atoms with Crippen molar-refractivity contribution in [1.82, 2.24) is 34.4 Å². The molecule has 0 saturated carbocycles. The Morgan fingerprint density at radius 2 is 1.86 bits per heavy atom. The lowest BCUT2D eigenvalue weighted by atomic mass is 9.71. The van der Waals surface area contributed by atoms with E-state index in [-0.39, 0.29) is 23.4 Å². The number of hydrogen-bond donors (Lipinski definition) is 0. The number of Topliss-reactive ketones (excluding diaryl/α,β-unsaturated/α-hetero) is 1. The molecule has 7 rings (SSSR count). The second-order valence-electron chi connectivity index (χ2n) is 9.74. The first-order valence-corrected chi connectivity index (χ1v) is 11.7. The van der Waals surface area contributed by atoms with Crippen LogP contribution in [0.1, 0.15) is 47.1 Å². The molecule has 0 spiro atoms. The van der Waals surface area contributed by atoms with Crippen LogP contribution in [0.3, 0.4) is 0 Å². The van der Waals surface area contributed by atoms with E-state index < -0.39 is 23.0 Å². The summed E-state index contributed by atoms with van der Waals surface area (Å²) in [5.41, 5.74) is 3.07. The first-order valence-electron chi connectivity index (χ1n) is 11.7. The van der Waals surface area contributed by atoms with Crippen molar-refractivity contribution >= 4 is 5.78 Å². The van der Waals surface area contributed by atoms with E-state index in [1.54, 1.807) is 47.3 Å². The summed E-state index contributed by atoms with van der Waals surface area (Å²) in [5, 5.41) is 12.3. The zero-order valence-electron chi connectivity index (χ0n) is 19.2. The molecule has 3 aromatic heterocycles. The van der Waals surface area contributed by atoms with Crippen molar-refractivity contribution in [3.05, 3.63) is 77.5 Å². The van der Waals surface area contributed by atoms with Crippen LogP contribution in [0.15, 0.2) is 43.1 Å². The van der Waals surface area contributed by atoms with E-state index in [4.69, 9.17) is 5.10 Å². The van der Waals surface area contributed by atoms with E-state index >= 15 is 0 Å². The predicted molar refractivity (Wildman–Crippen MR) is 121 cm³/mol. The average molecular weight is 491 g/mol. The fourth-order valence-corrected chi connectivity index (χ4v) is 6.46. The molecule has 6 heterocycles. The lowest BCUT2D eigenvalue weighted by Crippen LogP contribution is -2.66. The van der Waals surface area contributed by atoms with E-state index in [1.807, 2.05) is 0 Å². The van der Waals surface area contributed by atoms with Crippen molar-refractivity contribution in [2.75, 3.05) is 0 Å². The van der Waals surface area contributed by atoms with Crippen LogP contribution in [-0.4, -0.2) is 51.8 Å². The van der Waals surface area contributed by atoms with Crippen LogP contribution in [0.2, 0.25) is 0 Å². The van der Waals surface area contributed by atoms with Gasteiger partial charge in [-0.3, -0.25) is 23.9 Å². The number of benzene rings is 1. The summed E-state index contributed by atoms with van der Waals surface area (Å²) in [6.45, 7) is 0. The second-order valence-corrected chi connectivity index (χ2v) is 9.74. The summed E-state index contributed by atoms with van der Waals surface area (Å²) < 4.78 is 44.9. The van der Waals surface area contributed by atoms with Gasteiger partial charge in [0.05, 0.1) is 28.7 Å². The molecule has 4 aromatic rings. The van der Waals surface area contributed by atoms with Crippen LogP contribution in [-0.2, 0) is 13.5 Å². The second kappa shape index (κ2) is 7.33. The normalized spacial score (nSPS) is 24.3. The molecule has 2 saturated heterocycles. The summed E-state index contributed by atoms with van der Waals surface area (Å²) in [6, 6.07) is 5.61. The van der Waals surface area contributed by atoms with Gasteiger partial charge >= 0.3 is 0 Å². The molecule has 0 N–H and O–H groups in total. The van der Waals surface area contributed by atoms with Gasteiger partial charge in [-0.05, 0) is 49.9 Å². The molecule has 8 nitrogen and oxygen atoms in total. The van der Waals surface area contributed by atoms with Crippen molar-refractivity contribution in [1.29, 1.82) is 0 Å². The molecule has 11 heteroatoms. The third kappa shape index (κ3) is 2.77. The highest BCUT2D eigenvalue weighted by Crippen LogP contribution is 2.60. The number of halogens is 3. The molecular formula is C25H20F3N7O. The molecular weight excluding hydrogens is 471 g/mol. The molecule has 0 radical (unpaired) electrons. The van der Waals surface area contributed by atoms with Gasteiger partial charge in [-0.15, -0.1) is 10.2 Å². The predicted octanol–water partition coefficient (Wildman–Crippen LogP) is 3.57. The van der Waals surface area contributed by atoms with Gasteiger partial charge in [-0.2, -0.15) is 5.10 Å². The maximum Gasteiger partial charge on any atom is 0.201 e. The van der Waals surface area contributed by atoms with Gasteiger partial charge in [0.1, 0.15) is 18.3 Å². The number of rotatable bonds is 4. The summed E-state index contributed by atoms with van der Waals surface area (Å²) in [4.78, 5) is 20.4. The minimum absolute atomic E-state index is 0.0153. The quantitative estimate of drug-likeness (QED) is 0.321. The number of carbonyl (C=O) groups is 1. The van der Waals surface area contributed by atoms with Gasteiger partial charge in [0.25, 0.3) is 0 Å². The molecule has 36 heavy (non-hydrogen) atoms. The number of aryl methyl sites for hydroxylation is 1. The lowest BCUT2D eigenvalue weighted by Gasteiger charge is -2.57. The highest BCUT2D eigenvalue weighted by atomic mass is 19.2. The maximum atomic E-state index is 14.0. The van der Waals surface area contributed by atoms with Crippen LogP contribution in [0, 0.1) is 17.5 Å². The van der Waals surface area contributed by atoms with Crippen molar-refractivity contribution in [2.24, 2.45) is 7.05 Å². The number of pyridine rings is 1. The highest BCUT2D eigenvalue weighted by molar-refractivity contribution is 6.03. The van der Waals surface area contributed by atoms with E-state index in [1.165, 1.54) is 0 Å². The smallest absolute Gasteiger partial charge is 0.201 e. The SMILES string of the molecule is Cn1nc2c(c1-c1cc(F)c(F)c(F)c1)C[C@@H]1CCC3(C(=O)c4cc(-n5cnnc5)ccn4)C[C@H]2N13. The van der Waals surface area contributed by atoms with Gasteiger partial charge in [-0.1, -0.05) is 0 Å². The zero-order valence-corrected chi connectivity index (χ0v) is 19.2. The molecule has 1 aromatic carbocycles. The summed E-state index contributed by atoms with van der Waals surface area (Å²) in [7, 11) is 1.72. The Bertz CT molecular complexity index is 1530. The van der Waals surface area contributed by atoms with E-state index in [9.17, 15) is 18.0 Å². The Kier molecular flexibility index (Phi) is 4.36. The van der Waals surface area contributed by atoms with Gasteiger partial charge in [0, 0.05) is 30.4 Å². The minimum atomic E-state index is -1.49. The van der Waals surface area contributed by atoms with Crippen LogP contribution >= 0.6 is 0 Å². The summed E-state index contributed by atoms with van der Waals surface area (Å²) in [6.07, 6.45) is 7.45. The first kappa shape index (κ1) is 21.4. The minimum Gasteiger partial charge on any atom is -0.290 e. The molecule has 3 aliphatic heterocycles. The summed E-state index contributed by atoms with van der Waals surface area (Å²) in [5.74, 6) is -3.96. The van der Waals surface area contributed by atoms with E-state index in [2.05, 4.69) is 20.1 Å². The van der Waals surface area contributed by atoms with Crippen molar-refractivity contribution in [3.63, 3.8) is 0 Å². The third-order valence-corrected chi connectivity index (χ3v) is 7.95. The average Bonchev–Trinajstić information content (AvgIpc) is 3.56. The topological polar surface area (TPSA) is 81.7 Å². The molecule has 3 aliphatic rings. The molecule has 0 bridgehead atoms. The molecule has 1 unspecified atom stereocenters. The number of aromatic nitrogens is 6. The van der Waals surface area contributed by atoms with Crippen LogP contribution in [0.4, 0.5) is 13.2 Å². The summed E-state index contributed by atoms with van der Waals surface area (Å²) >= 11 is 0. The Morgan fingerprint density at radius 3 is 2.61 bits per heavy atom.